The van der Waals surface area contributed by atoms with Crippen LogP contribution in [0.4, 0.5) is 0 Å². The molecule has 2 aromatic rings. The lowest BCUT2D eigenvalue weighted by atomic mass is 10.0. The molecule has 0 aliphatic carbocycles. The van der Waals surface area contributed by atoms with E-state index in [-0.39, 0.29) is 5.91 Å². The largest absolute Gasteiger partial charge is 0.348 e. The second-order valence-corrected chi connectivity index (χ2v) is 5.68. The van der Waals surface area contributed by atoms with Gasteiger partial charge in [0.05, 0.1) is 0 Å². The van der Waals surface area contributed by atoms with Gasteiger partial charge in [0.1, 0.15) is 0 Å². The molecule has 0 saturated heterocycles. The molecule has 0 unspecified atom stereocenters. The highest BCUT2D eigenvalue weighted by atomic mass is 35.5. The minimum Gasteiger partial charge on any atom is -0.348 e. The van der Waals surface area contributed by atoms with E-state index in [2.05, 4.69) is 19.2 Å². The normalized spacial score (nSPS) is 10.7. The van der Waals surface area contributed by atoms with Crippen LogP contribution in [0.25, 0.3) is 0 Å². The van der Waals surface area contributed by atoms with Gasteiger partial charge in [-0.1, -0.05) is 50.2 Å². The van der Waals surface area contributed by atoms with Gasteiger partial charge >= 0.3 is 0 Å². The number of carbonyl (C=O) groups is 1. The van der Waals surface area contributed by atoms with Crippen molar-refractivity contribution in [2.45, 2.75) is 32.2 Å². The molecule has 2 nitrogen and oxygen atoms in total. The number of alkyl halides is 1. The molecular weight excluding hydrogens is 282 g/mol. The van der Waals surface area contributed by atoms with Gasteiger partial charge < -0.3 is 5.32 Å². The van der Waals surface area contributed by atoms with Gasteiger partial charge in [0.2, 0.25) is 0 Å². The summed E-state index contributed by atoms with van der Waals surface area (Å²) in [7, 11) is 0. The van der Waals surface area contributed by atoms with Crippen molar-refractivity contribution in [1.82, 2.24) is 5.32 Å². The number of halogens is 1. The van der Waals surface area contributed by atoms with Crippen molar-refractivity contribution in [1.29, 1.82) is 0 Å². The molecule has 21 heavy (non-hydrogen) atoms. The second-order valence-electron chi connectivity index (χ2n) is 5.41. The quantitative estimate of drug-likeness (QED) is 0.811. The fourth-order valence-corrected chi connectivity index (χ4v) is 2.23. The Morgan fingerprint density at radius 3 is 2.10 bits per heavy atom. The maximum Gasteiger partial charge on any atom is 0.251 e. The van der Waals surface area contributed by atoms with E-state index in [9.17, 15) is 4.79 Å². The lowest BCUT2D eigenvalue weighted by molar-refractivity contribution is 0.0951. The number of nitrogens with one attached hydrogen (secondary N) is 1. The van der Waals surface area contributed by atoms with E-state index in [1.165, 1.54) is 5.56 Å². The zero-order chi connectivity index (χ0) is 15.2. The van der Waals surface area contributed by atoms with E-state index in [0.29, 0.717) is 23.9 Å². The highest BCUT2D eigenvalue weighted by Crippen LogP contribution is 2.14. The minimum atomic E-state index is -0.0493. The monoisotopic (exact) mass is 301 g/mol. The van der Waals surface area contributed by atoms with Gasteiger partial charge in [-0.3, -0.25) is 4.79 Å². The zero-order valence-electron chi connectivity index (χ0n) is 12.4. The van der Waals surface area contributed by atoms with Gasteiger partial charge in [0.15, 0.2) is 0 Å². The van der Waals surface area contributed by atoms with Crippen molar-refractivity contribution in [3.8, 4) is 0 Å². The number of amides is 1. The highest BCUT2D eigenvalue weighted by molar-refractivity contribution is 6.17. The van der Waals surface area contributed by atoms with Gasteiger partial charge in [0, 0.05) is 18.0 Å². The Kier molecular flexibility index (Phi) is 5.40. The summed E-state index contributed by atoms with van der Waals surface area (Å²) < 4.78 is 0. The second kappa shape index (κ2) is 7.28. The Morgan fingerprint density at radius 2 is 1.57 bits per heavy atom. The van der Waals surface area contributed by atoms with Crippen molar-refractivity contribution in [3.63, 3.8) is 0 Å². The SMILES string of the molecule is CC(C)c1ccc(C(=O)NCc2ccc(CCl)cc2)cc1. The number of carbonyl (C=O) groups excluding carboxylic acids is 1. The average Bonchev–Trinajstić information content (AvgIpc) is 2.53. The Bertz CT molecular complexity index is 588. The van der Waals surface area contributed by atoms with Crippen molar-refractivity contribution in [3.05, 3.63) is 70.8 Å². The number of hydrogen-bond acceptors (Lipinski definition) is 1. The van der Waals surface area contributed by atoms with Crippen LogP contribution in [0.15, 0.2) is 48.5 Å². The van der Waals surface area contributed by atoms with Crippen LogP contribution in [-0.4, -0.2) is 5.91 Å². The molecule has 0 heterocycles. The van der Waals surface area contributed by atoms with Crippen LogP contribution in [0, 0.1) is 0 Å². The van der Waals surface area contributed by atoms with E-state index < -0.39 is 0 Å². The van der Waals surface area contributed by atoms with Gasteiger partial charge in [-0.2, -0.15) is 0 Å². The summed E-state index contributed by atoms with van der Waals surface area (Å²) in [5, 5.41) is 2.93. The van der Waals surface area contributed by atoms with Crippen LogP contribution in [0.3, 0.4) is 0 Å². The first-order chi connectivity index (χ1) is 10.1. The molecule has 1 amide bonds. The number of benzene rings is 2. The molecule has 0 aliphatic rings. The van der Waals surface area contributed by atoms with E-state index in [1.54, 1.807) is 0 Å². The molecule has 3 heteroatoms. The van der Waals surface area contributed by atoms with Crippen LogP contribution in [0.1, 0.15) is 46.8 Å². The fraction of sp³-hybridized carbons (Fsp3) is 0.278. The van der Waals surface area contributed by atoms with E-state index in [1.807, 2.05) is 48.5 Å². The molecule has 2 aromatic carbocycles. The van der Waals surface area contributed by atoms with Gasteiger partial charge in [-0.05, 0) is 34.7 Å². The van der Waals surface area contributed by atoms with E-state index in [4.69, 9.17) is 11.6 Å². The Labute approximate surface area is 131 Å². The van der Waals surface area contributed by atoms with Crippen molar-refractivity contribution < 1.29 is 4.79 Å². The summed E-state index contributed by atoms with van der Waals surface area (Å²) in [5.74, 6) is 0.934. The molecule has 1 N–H and O–H groups in total. The Morgan fingerprint density at radius 1 is 1.00 bits per heavy atom. The van der Waals surface area contributed by atoms with Gasteiger partial charge in [-0.25, -0.2) is 0 Å². The molecule has 0 spiro atoms. The maximum atomic E-state index is 12.1. The van der Waals surface area contributed by atoms with Crippen LogP contribution in [0.2, 0.25) is 0 Å². The molecule has 0 aliphatic heterocycles. The van der Waals surface area contributed by atoms with Crippen molar-refractivity contribution >= 4 is 17.5 Å². The topological polar surface area (TPSA) is 29.1 Å². The first-order valence-corrected chi connectivity index (χ1v) is 7.65. The summed E-state index contributed by atoms with van der Waals surface area (Å²) in [6.07, 6.45) is 0. The molecule has 0 aromatic heterocycles. The summed E-state index contributed by atoms with van der Waals surface area (Å²) in [6, 6.07) is 15.7. The van der Waals surface area contributed by atoms with Crippen LogP contribution in [-0.2, 0) is 12.4 Å². The van der Waals surface area contributed by atoms with E-state index >= 15 is 0 Å². The first-order valence-electron chi connectivity index (χ1n) is 7.12. The predicted octanol–water partition coefficient (Wildman–Crippen LogP) is 4.48. The fourth-order valence-electron chi connectivity index (χ4n) is 2.05. The predicted molar refractivity (Wildman–Crippen MR) is 87.7 cm³/mol. The van der Waals surface area contributed by atoms with Crippen LogP contribution >= 0.6 is 11.6 Å². The summed E-state index contributed by atoms with van der Waals surface area (Å²) in [6.45, 7) is 4.80. The minimum absolute atomic E-state index is 0.0493. The Balaban J connectivity index is 1.94. The smallest absolute Gasteiger partial charge is 0.251 e. The van der Waals surface area contributed by atoms with Crippen molar-refractivity contribution in [2.24, 2.45) is 0 Å². The molecule has 110 valence electrons. The molecule has 0 fully saturated rings. The van der Waals surface area contributed by atoms with Gasteiger partial charge in [0.25, 0.3) is 5.91 Å². The number of rotatable bonds is 5. The van der Waals surface area contributed by atoms with E-state index in [0.717, 1.165) is 11.1 Å². The first kappa shape index (κ1) is 15.6. The lowest BCUT2D eigenvalue weighted by Crippen LogP contribution is -2.22. The summed E-state index contributed by atoms with van der Waals surface area (Å²) >= 11 is 5.75. The summed E-state index contributed by atoms with van der Waals surface area (Å²) in [5.41, 5.74) is 4.08. The zero-order valence-corrected chi connectivity index (χ0v) is 13.2. The average molecular weight is 302 g/mol. The molecule has 0 saturated carbocycles. The molecule has 0 atom stereocenters. The molecule has 2 rings (SSSR count). The van der Waals surface area contributed by atoms with Gasteiger partial charge in [-0.15, -0.1) is 11.6 Å². The molecule has 0 bridgehead atoms. The third-order valence-electron chi connectivity index (χ3n) is 3.47. The standard InChI is InChI=1S/C18H20ClNO/c1-13(2)16-7-9-17(10-8-16)18(21)20-12-15-5-3-14(11-19)4-6-15/h3-10,13H,11-12H2,1-2H3,(H,20,21). The third-order valence-corrected chi connectivity index (χ3v) is 3.78. The lowest BCUT2D eigenvalue weighted by Gasteiger charge is -2.08. The molecule has 0 radical (unpaired) electrons. The Hall–Kier alpha value is -1.80. The maximum absolute atomic E-state index is 12.1. The highest BCUT2D eigenvalue weighted by Gasteiger charge is 2.06. The summed E-state index contributed by atoms with van der Waals surface area (Å²) in [4.78, 5) is 12.1. The molecular formula is C18H20ClNO. The van der Waals surface area contributed by atoms with Crippen LogP contribution in [0.5, 0.6) is 0 Å². The number of hydrogen-bond donors (Lipinski definition) is 1. The van der Waals surface area contributed by atoms with Crippen LogP contribution < -0.4 is 5.32 Å². The van der Waals surface area contributed by atoms with Crippen molar-refractivity contribution in [2.75, 3.05) is 0 Å². The third kappa shape index (κ3) is 4.33.